The first-order chi connectivity index (χ1) is 9.50. The van der Waals surface area contributed by atoms with Gasteiger partial charge < -0.3 is 9.47 Å². The van der Waals surface area contributed by atoms with Crippen molar-refractivity contribution in [2.75, 3.05) is 6.61 Å². The average Bonchev–Trinajstić information content (AvgIpc) is 2.74. The number of benzene rings is 1. The average molecular weight is 274 g/mol. The van der Waals surface area contributed by atoms with Gasteiger partial charge in [0.15, 0.2) is 5.78 Å². The second-order valence-electron chi connectivity index (χ2n) is 4.88. The summed E-state index contributed by atoms with van der Waals surface area (Å²) in [5.74, 6) is -0.0374. The van der Waals surface area contributed by atoms with E-state index < -0.39 is 0 Å². The Bertz CT molecular complexity index is 545. The molecule has 1 aliphatic rings. The van der Waals surface area contributed by atoms with Crippen LogP contribution in [0.15, 0.2) is 41.7 Å². The topological polar surface area (TPSA) is 52.6 Å². The van der Waals surface area contributed by atoms with Crippen LogP contribution in [0.2, 0.25) is 0 Å². The fourth-order valence-electron chi connectivity index (χ4n) is 2.58. The number of esters is 1. The minimum absolute atomic E-state index is 0.0434. The zero-order valence-corrected chi connectivity index (χ0v) is 11.9. The van der Waals surface area contributed by atoms with Crippen molar-refractivity contribution in [3.05, 3.63) is 47.2 Å². The Balaban J connectivity index is 2.29. The molecule has 2 atom stereocenters. The zero-order valence-electron chi connectivity index (χ0n) is 11.9. The van der Waals surface area contributed by atoms with Crippen molar-refractivity contribution in [3.8, 4) is 0 Å². The van der Waals surface area contributed by atoms with E-state index in [4.69, 9.17) is 9.47 Å². The molecule has 106 valence electrons. The van der Waals surface area contributed by atoms with Crippen LogP contribution >= 0.6 is 0 Å². The summed E-state index contributed by atoms with van der Waals surface area (Å²) in [6.45, 7) is 4.80. The number of hydrogen-bond donors (Lipinski definition) is 0. The molecule has 0 fully saturated rings. The minimum Gasteiger partial charge on any atom is -0.489 e. The van der Waals surface area contributed by atoms with Crippen molar-refractivity contribution in [2.45, 2.75) is 26.9 Å². The lowest BCUT2D eigenvalue weighted by Gasteiger charge is -2.20. The number of ether oxygens (including phenoxy) is 2. The third kappa shape index (κ3) is 2.90. The fraction of sp³-hybridized carbons (Fsp3) is 0.375. The molecule has 1 aliphatic heterocycles. The summed E-state index contributed by atoms with van der Waals surface area (Å²) in [6, 6.07) is 9.65. The molecule has 0 spiro atoms. The SMILES string of the molecule is CC(=O)OCC1C(C(C)=O)=C(C)OC1c1ccccc1. The number of ketones is 1. The molecule has 2 unspecified atom stereocenters. The molecule has 0 radical (unpaired) electrons. The molecule has 0 amide bonds. The molecule has 0 aliphatic carbocycles. The largest absolute Gasteiger partial charge is 0.489 e. The third-order valence-corrected chi connectivity index (χ3v) is 3.39. The maximum absolute atomic E-state index is 11.8. The molecule has 0 saturated carbocycles. The third-order valence-electron chi connectivity index (χ3n) is 3.39. The summed E-state index contributed by atoms with van der Waals surface area (Å²) in [6.07, 6.45) is -0.283. The standard InChI is InChI=1S/C16H18O4/c1-10(17)15-11(2)20-16(13-7-5-4-6-8-13)14(15)9-19-12(3)18/h4-8,14,16H,9H2,1-3H3. The van der Waals surface area contributed by atoms with E-state index in [0.717, 1.165) is 5.56 Å². The van der Waals surface area contributed by atoms with Gasteiger partial charge in [-0.2, -0.15) is 0 Å². The van der Waals surface area contributed by atoms with Gasteiger partial charge in [0.1, 0.15) is 18.5 Å². The maximum atomic E-state index is 11.8. The highest BCUT2D eigenvalue weighted by Crippen LogP contribution is 2.41. The summed E-state index contributed by atoms with van der Waals surface area (Å²) in [5.41, 5.74) is 1.58. The van der Waals surface area contributed by atoms with Gasteiger partial charge in [0.05, 0.1) is 5.92 Å². The monoisotopic (exact) mass is 274 g/mol. The molecule has 20 heavy (non-hydrogen) atoms. The predicted molar refractivity (Wildman–Crippen MR) is 73.8 cm³/mol. The first-order valence-corrected chi connectivity index (χ1v) is 6.57. The molecular weight excluding hydrogens is 256 g/mol. The van der Waals surface area contributed by atoms with Crippen molar-refractivity contribution in [3.63, 3.8) is 0 Å². The summed E-state index contributed by atoms with van der Waals surface area (Å²) in [5, 5.41) is 0. The van der Waals surface area contributed by atoms with E-state index in [2.05, 4.69) is 0 Å². The molecule has 4 nitrogen and oxygen atoms in total. The van der Waals surface area contributed by atoms with Gasteiger partial charge in [0.2, 0.25) is 0 Å². The van der Waals surface area contributed by atoms with E-state index in [9.17, 15) is 9.59 Å². The molecule has 0 bridgehead atoms. The van der Waals surface area contributed by atoms with Gasteiger partial charge in [0, 0.05) is 12.5 Å². The number of carbonyl (C=O) groups is 2. The van der Waals surface area contributed by atoms with Crippen LogP contribution in [-0.2, 0) is 19.1 Å². The van der Waals surface area contributed by atoms with Gasteiger partial charge in [-0.25, -0.2) is 0 Å². The quantitative estimate of drug-likeness (QED) is 0.792. The smallest absolute Gasteiger partial charge is 0.302 e. The van der Waals surface area contributed by atoms with Crippen LogP contribution in [0, 0.1) is 5.92 Å². The zero-order chi connectivity index (χ0) is 14.7. The van der Waals surface area contributed by atoms with Crippen LogP contribution < -0.4 is 0 Å². The van der Waals surface area contributed by atoms with Crippen LogP contribution in [0.3, 0.4) is 0 Å². The van der Waals surface area contributed by atoms with E-state index >= 15 is 0 Å². The fourth-order valence-corrected chi connectivity index (χ4v) is 2.58. The van der Waals surface area contributed by atoms with E-state index in [0.29, 0.717) is 11.3 Å². The lowest BCUT2D eigenvalue weighted by atomic mass is 9.89. The number of rotatable bonds is 4. The first-order valence-electron chi connectivity index (χ1n) is 6.57. The lowest BCUT2D eigenvalue weighted by Crippen LogP contribution is -2.21. The molecule has 1 aromatic rings. The van der Waals surface area contributed by atoms with Crippen LogP contribution in [0.4, 0.5) is 0 Å². The Morgan fingerprint density at radius 1 is 1.20 bits per heavy atom. The van der Waals surface area contributed by atoms with Gasteiger partial charge in [-0.15, -0.1) is 0 Å². The van der Waals surface area contributed by atoms with Crippen LogP contribution in [-0.4, -0.2) is 18.4 Å². The van der Waals surface area contributed by atoms with Crippen LogP contribution in [0.1, 0.15) is 32.4 Å². The predicted octanol–water partition coefficient (Wildman–Crippen LogP) is 2.80. The molecule has 4 heteroatoms. The van der Waals surface area contributed by atoms with Gasteiger partial charge in [-0.05, 0) is 19.4 Å². The molecule has 0 saturated heterocycles. The van der Waals surface area contributed by atoms with E-state index in [1.165, 1.54) is 13.8 Å². The highest BCUT2D eigenvalue weighted by atomic mass is 16.5. The lowest BCUT2D eigenvalue weighted by molar-refractivity contribution is -0.143. The van der Waals surface area contributed by atoms with Crippen molar-refractivity contribution >= 4 is 11.8 Å². The number of hydrogen-bond acceptors (Lipinski definition) is 4. The molecule has 2 rings (SSSR count). The van der Waals surface area contributed by atoms with Crippen molar-refractivity contribution in [2.24, 2.45) is 5.92 Å². The van der Waals surface area contributed by atoms with E-state index in [1.807, 2.05) is 30.3 Å². The highest BCUT2D eigenvalue weighted by molar-refractivity contribution is 5.94. The highest BCUT2D eigenvalue weighted by Gasteiger charge is 2.38. The Morgan fingerprint density at radius 2 is 1.85 bits per heavy atom. The van der Waals surface area contributed by atoms with Crippen molar-refractivity contribution in [1.29, 1.82) is 0 Å². The molecular formula is C16H18O4. The summed E-state index contributed by atoms with van der Waals surface area (Å²) >= 11 is 0. The second kappa shape index (κ2) is 5.90. The summed E-state index contributed by atoms with van der Waals surface area (Å²) in [7, 11) is 0. The molecule has 1 aromatic carbocycles. The van der Waals surface area contributed by atoms with Crippen molar-refractivity contribution in [1.82, 2.24) is 0 Å². The van der Waals surface area contributed by atoms with Crippen LogP contribution in [0.5, 0.6) is 0 Å². The second-order valence-corrected chi connectivity index (χ2v) is 4.88. The van der Waals surface area contributed by atoms with E-state index in [1.54, 1.807) is 6.92 Å². The number of carbonyl (C=O) groups excluding carboxylic acids is 2. The van der Waals surface area contributed by atoms with Gasteiger partial charge in [-0.1, -0.05) is 30.3 Å². The molecule has 0 N–H and O–H groups in total. The van der Waals surface area contributed by atoms with Gasteiger partial charge in [0.25, 0.3) is 0 Å². The summed E-state index contributed by atoms with van der Waals surface area (Å²) < 4.78 is 10.9. The van der Waals surface area contributed by atoms with E-state index in [-0.39, 0.29) is 30.4 Å². The van der Waals surface area contributed by atoms with Crippen molar-refractivity contribution < 1.29 is 19.1 Å². The van der Waals surface area contributed by atoms with Gasteiger partial charge >= 0.3 is 5.97 Å². The Kier molecular flexibility index (Phi) is 4.23. The first kappa shape index (κ1) is 14.3. The minimum atomic E-state index is -0.357. The summed E-state index contributed by atoms with van der Waals surface area (Å²) in [4.78, 5) is 22.8. The number of Topliss-reactive ketones (excluding diaryl/α,β-unsaturated/α-hetero) is 1. The number of allylic oxidation sites excluding steroid dienone is 1. The Labute approximate surface area is 118 Å². The Hall–Kier alpha value is -2.10. The van der Waals surface area contributed by atoms with Crippen LogP contribution in [0.25, 0.3) is 0 Å². The maximum Gasteiger partial charge on any atom is 0.302 e. The molecule has 0 aromatic heterocycles. The Morgan fingerprint density at radius 3 is 2.40 bits per heavy atom. The normalized spacial score (nSPS) is 21.6. The van der Waals surface area contributed by atoms with Gasteiger partial charge in [-0.3, -0.25) is 9.59 Å². The molecule has 1 heterocycles.